The molecule has 1 aliphatic carbocycles. The van der Waals surface area contributed by atoms with Crippen molar-refractivity contribution in [2.45, 2.75) is 18.9 Å². The predicted molar refractivity (Wildman–Crippen MR) is 123 cm³/mol. The Balaban J connectivity index is 0.00000245. The summed E-state index contributed by atoms with van der Waals surface area (Å²) in [5, 5.41) is 7.30. The van der Waals surface area contributed by atoms with Crippen LogP contribution in [0.3, 0.4) is 0 Å². The first kappa shape index (κ1) is 22.0. The number of halogens is 2. The zero-order valence-electron chi connectivity index (χ0n) is 17.2. The molecule has 1 saturated heterocycles. The smallest absolute Gasteiger partial charge is 0.276 e. The van der Waals surface area contributed by atoms with Crippen LogP contribution in [0.15, 0.2) is 51.0 Å². The molecule has 10 heteroatoms. The summed E-state index contributed by atoms with van der Waals surface area (Å²) in [6.45, 7) is 2.96. The van der Waals surface area contributed by atoms with Gasteiger partial charge in [0, 0.05) is 43.8 Å². The van der Waals surface area contributed by atoms with E-state index in [4.69, 9.17) is 4.42 Å². The van der Waals surface area contributed by atoms with E-state index in [0.29, 0.717) is 30.1 Å². The first-order valence-electron chi connectivity index (χ1n) is 10.3. The SMILES string of the molecule is Cl.O=C(N/N=C\c1ccco1)c1cn(C2CC2)c2cc(N3CCNCC3)c(F)cc2c1=O. The Kier molecular flexibility index (Phi) is 6.29. The van der Waals surface area contributed by atoms with Gasteiger partial charge in [0.2, 0.25) is 5.43 Å². The third-order valence-electron chi connectivity index (χ3n) is 5.64. The number of furan rings is 1. The maximum Gasteiger partial charge on any atom is 0.276 e. The number of anilines is 1. The fourth-order valence-corrected chi connectivity index (χ4v) is 3.90. The Labute approximate surface area is 189 Å². The molecule has 2 fully saturated rings. The van der Waals surface area contributed by atoms with Crippen molar-refractivity contribution in [3.63, 3.8) is 0 Å². The normalized spacial score (nSPS) is 16.3. The van der Waals surface area contributed by atoms with E-state index in [2.05, 4.69) is 15.8 Å². The highest BCUT2D eigenvalue weighted by Crippen LogP contribution is 2.38. The number of pyridine rings is 1. The lowest BCUT2D eigenvalue weighted by molar-refractivity contribution is 0.0953. The number of benzene rings is 1. The number of hydrogen-bond acceptors (Lipinski definition) is 6. The first-order chi connectivity index (χ1) is 15.1. The molecule has 2 aromatic heterocycles. The maximum absolute atomic E-state index is 15.0. The summed E-state index contributed by atoms with van der Waals surface area (Å²) in [6, 6.07) is 6.58. The summed E-state index contributed by atoms with van der Waals surface area (Å²) in [7, 11) is 0. The number of hydrazone groups is 1. The number of fused-ring (bicyclic) bond motifs is 1. The molecule has 1 saturated carbocycles. The van der Waals surface area contributed by atoms with Gasteiger partial charge in [-0.1, -0.05) is 0 Å². The van der Waals surface area contributed by atoms with Crippen LogP contribution in [0.25, 0.3) is 10.9 Å². The van der Waals surface area contributed by atoms with E-state index in [1.807, 2.05) is 9.47 Å². The average Bonchev–Trinajstić information content (AvgIpc) is 3.50. The molecule has 0 spiro atoms. The second kappa shape index (κ2) is 9.13. The van der Waals surface area contributed by atoms with Gasteiger partial charge < -0.3 is 19.2 Å². The molecule has 3 aromatic rings. The zero-order valence-corrected chi connectivity index (χ0v) is 18.0. The molecule has 1 amide bonds. The Morgan fingerprint density at radius 1 is 1.28 bits per heavy atom. The largest absolute Gasteiger partial charge is 0.463 e. The number of nitrogens with one attached hydrogen (secondary N) is 2. The molecule has 2 aliphatic rings. The number of rotatable bonds is 5. The quantitative estimate of drug-likeness (QED) is 0.452. The van der Waals surface area contributed by atoms with Gasteiger partial charge in [-0.15, -0.1) is 12.4 Å². The van der Waals surface area contributed by atoms with Gasteiger partial charge in [-0.2, -0.15) is 5.10 Å². The molecule has 1 aromatic carbocycles. The van der Waals surface area contributed by atoms with E-state index in [1.165, 1.54) is 18.5 Å². The number of piperazine rings is 1. The number of amides is 1. The van der Waals surface area contributed by atoms with Crippen LogP contribution in [0.2, 0.25) is 0 Å². The average molecular weight is 460 g/mol. The number of hydrogen-bond donors (Lipinski definition) is 2. The van der Waals surface area contributed by atoms with E-state index in [9.17, 15) is 14.0 Å². The second-order valence-electron chi connectivity index (χ2n) is 7.78. The van der Waals surface area contributed by atoms with Gasteiger partial charge in [-0.25, -0.2) is 9.82 Å². The van der Waals surface area contributed by atoms with Gasteiger partial charge >= 0.3 is 0 Å². The summed E-state index contributed by atoms with van der Waals surface area (Å²) in [6.07, 6.45) is 6.31. The van der Waals surface area contributed by atoms with Crippen LogP contribution >= 0.6 is 12.4 Å². The lowest BCUT2D eigenvalue weighted by Crippen LogP contribution is -2.43. The molecular weight excluding hydrogens is 437 g/mol. The first-order valence-corrected chi connectivity index (χ1v) is 10.3. The molecule has 0 unspecified atom stereocenters. The molecule has 0 radical (unpaired) electrons. The number of nitrogens with zero attached hydrogens (tertiary/aromatic N) is 3. The van der Waals surface area contributed by atoms with Crippen molar-refractivity contribution in [1.29, 1.82) is 0 Å². The van der Waals surface area contributed by atoms with Crippen LogP contribution in [0, 0.1) is 5.82 Å². The fourth-order valence-electron chi connectivity index (χ4n) is 3.90. The minimum atomic E-state index is -0.643. The van der Waals surface area contributed by atoms with Crippen LogP contribution in [-0.4, -0.2) is 42.9 Å². The monoisotopic (exact) mass is 459 g/mol. The molecule has 32 heavy (non-hydrogen) atoms. The van der Waals surface area contributed by atoms with Gasteiger partial charge in [-0.3, -0.25) is 9.59 Å². The maximum atomic E-state index is 15.0. The number of carbonyl (C=O) groups is 1. The van der Waals surface area contributed by atoms with Crippen molar-refractivity contribution in [3.05, 3.63) is 64.1 Å². The lowest BCUT2D eigenvalue weighted by Gasteiger charge is -2.30. The van der Waals surface area contributed by atoms with Gasteiger partial charge in [0.05, 0.1) is 23.7 Å². The summed E-state index contributed by atoms with van der Waals surface area (Å²) < 4.78 is 22.0. The van der Waals surface area contributed by atoms with Crippen LogP contribution in [0.4, 0.5) is 10.1 Å². The Morgan fingerprint density at radius 3 is 2.75 bits per heavy atom. The van der Waals surface area contributed by atoms with E-state index >= 15 is 0 Å². The summed E-state index contributed by atoms with van der Waals surface area (Å²) in [5.74, 6) is -0.630. The molecule has 5 rings (SSSR count). The van der Waals surface area contributed by atoms with Crippen LogP contribution in [0.1, 0.15) is 35.0 Å². The van der Waals surface area contributed by atoms with Crippen molar-refractivity contribution >= 4 is 41.1 Å². The summed E-state index contributed by atoms with van der Waals surface area (Å²) >= 11 is 0. The predicted octanol–water partition coefficient (Wildman–Crippen LogP) is 2.66. The van der Waals surface area contributed by atoms with E-state index in [-0.39, 0.29) is 29.4 Å². The minimum absolute atomic E-state index is 0. The van der Waals surface area contributed by atoms with Gasteiger partial charge in [0.25, 0.3) is 5.91 Å². The third kappa shape index (κ3) is 4.26. The topological polar surface area (TPSA) is 91.9 Å². The third-order valence-corrected chi connectivity index (χ3v) is 5.64. The number of carbonyl (C=O) groups excluding carboxylic acids is 1. The highest BCUT2D eigenvalue weighted by Gasteiger charge is 2.28. The highest BCUT2D eigenvalue weighted by molar-refractivity contribution is 5.98. The van der Waals surface area contributed by atoms with Crippen molar-refractivity contribution in [2.24, 2.45) is 5.10 Å². The Hall–Kier alpha value is -3.17. The standard InChI is InChI=1S/C22H22FN5O3.ClH/c23-18-10-16-19(11-20(18)27-7-5-24-6-8-27)28(14-3-4-14)13-17(21(16)29)22(30)26-25-12-15-2-1-9-31-15;/h1-2,9-14,24H,3-8H2,(H,26,30);1H/b25-12-;. The van der Waals surface area contributed by atoms with Crippen LogP contribution in [0.5, 0.6) is 0 Å². The van der Waals surface area contributed by atoms with Gasteiger partial charge in [0.1, 0.15) is 17.1 Å². The Bertz CT molecular complexity index is 1210. The van der Waals surface area contributed by atoms with E-state index in [1.54, 1.807) is 24.4 Å². The molecule has 3 heterocycles. The van der Waals surface area contributed by atoms with Gasteiger partial charge in [0.15, 0.2) is 0 Å². The fraction of sp³-hybridized carbons (Fsp3) is 0.318. The van der Waals surface area contributed by atoms with Crippen molar-refractivity contribution in [3.8, 4) is 0 Å². The van der Waals surface area contributed by atoms with E-state index < -0.39 is 17.2 Å². The Morgan fingerprint density at radius 2 is 2.06 bits per heavy atom. The molecular formula is C22H23ClFN5O3. The van der Waals surface area contributed by atoms with Crippen molar-refractivity contribution in [2.75, 3.05) is 31.1 Å². The lowest BCUT2D eigenvalue weighted by atomic mass is 10.1. The molecule has 8 nitrogen and oxygen atoms in total. The van der Waals surface area contributed by atoms with Crippen LogP contribution < -0.4 is 21.1 Å². The zero-order chi connectivity index (χ0) is 21.4. The van der Waals surface area contributed by atoms with Gasteiger partial charge in [-0.05, 0) is 37.1 Å². The molecule has 168 valence electrons. The summed E-state index contributed by atoms with van der Waals surface area (Å²) in [5.41, 5.74) is 2.92. The van der Waals surface area contributed by atoms with Crippen molar-refractivity contribution < 1.29 is 13.6 Å². The molecule has 0 bridgehead atoms. The number of aromatic nitrogens is 1. The second-order valence-corrected chi connectivity index (χ2v) is 7.78. The van der Waals surface area contributed by atoms with Crippen molar-refractivity contribution in [1.82, 2.24) is 15.3 Å². The van der Waals surface area contributed by atoms with E-state index in [0.717, 1.165) is 25.9 Å². The molecule has 1 aliphatic heterocycles. The minimum Gasteiger partial charge on any atom is -0.463 e. The molecule has 2 N–H and O–H groups in total. The van der Waals surface area contributed by atoms with Crippen LogP contribution in [-0.2, 0) is 0 Å². The summed E-state index contributed by atoms with van der Waals surface area (Å²) in [4.78, 5) is 27.7. The highest BCUT2D eigenvalue weighted by atomic mass is 35.5. The molecule has 0 atom stereocenters.